The van der Waals surface area contributed by atoms with Crippen LogP contribution in [-0.4, -0.2) is 45.8 Å². The monoisotopic (exact) mass is 395 g/mol. The number of hydrogen-bond donors (Lipinski definition) is 1. The molecule has 2 heterocycles. The van der Waals surface area contributed by atoms with E-state index < -0.39 is 5.97 Å². The average Bonchev–Trinajstić information content (AvgIpc) is 3.12. The molecule has 8 heteroatoms. The highest BCUT2D eigenvalue weighted by atomic mass is 16.5. The molecule has 0 saturated heterocycles. The van der Waals surface area contributed by atoms with Crippen molar-refractivity contribution in [1.82, 2.24) is 14.8 Å². The van der Waals surface area contributed by atoms with Gasteiger partial charge < -0.3 is 14.6 Å². The Hall–Kier alpha value is -3.68. The van der Waals surface area contributed by atoms with Gasteiger partial charge in [-0.25, -0.2) is 9.48 Å². The summed E-state index contributed by atoms with van der Waals surface area (Å²) in [6, 6.07) is 10.2. The average molecular weight is 395 g/mol. The fourth-order valence-electron chi connectivity index (χ4n) is 3.15. The van der Waals surface area contributed by atoms with Gasteiger partial charge in [-0.3, -0.25) is 9.78 Å². The van der Waals surface area contributed by atoms with Gasteiger partial charge >= 0.3 is 5.97 Å². The molecule has 0 aliphatic carbocycles. The number of benzene rings is 1. The van der Waals surface area contributed by atoms with E-state index in [0.29, 0.717) is 40.4 Å². The molecule has 2 aromatic heterocycles. The van der Waals surface area contributed by atoms with Crippen molar-refractivity contribution in [3.63, 3.8) is 0 Å². The number of aromatic nitrogens is 3. The number of carbonyl (C=O) groups is 2. The summed E-state index contributed by atoms with van der Waals surface area (Å²) in [5.41, 5.74) is 1.84. The number of pyridine rings is 1. The lowest BCUT2D eigenvalue weighted by Crippen LogP contribution is -2.18. The van der Waals surface area contributed by atoms with E-state index in [-0.39, 0.29) is 18.0 Å². The van der Waals surface area contributed by atoms with Crippen molar-refractivity contribution in [2.24, 2.45) is 0 Å². The molecule has 0 bridgehead atoms. The predicted molar refractivity (Wildman–Crippen MR) is 106 cm³/mol. The van der Waals surface area contributed by atoms with Crippen LogP contribution in [0, 0.1) is 0 Å². The number of ketones is 1. The number of rotatable bonds is 8. The van der Waals surface area contributed by atoms with Crippen molar-refractivity contribution in [2.45, 2.75) is 19.9 Å². The van der Waals surface area contributed by atoms with Gasteiger partial charge in [0.25, 0.3) is 0 Å². The molecule has 0 atom stereocenters. The Morgan fingerprint density at radius 3 is 2.52 bits per heavy atom. The number of carboxylic acid groups (broad SMARTS) is 1. The zero-order valence-electron chi connectivity index (χ0n) is 16.4. The molecular weight excluding hydrogens is 374 g/mol. The Labute approximate surface area is 167 Å². The molecule has 0 unspecified atom stereocenters. The summed E-state index contributed by atoms with van der Waals surface area (Å²) in [5.74, 6) is -0.579. The largest absolute Gasteiger partial charge is 0.497 e. The molecule has 0 radical (unpaired) electrons. The zero-order valence-corrected chi connectivity index (χ0v) is 16.4. The Morgan fingerprint density at radius 1 is 1.14 bits per heavy atom. The minimum atomic E-state index is -1.15. The topological polar surface area (TPSA) is 104 Å². The summed E-state index contributed by atoms with van der Waals surface area (Å²) in [6.07, 6.45) is 2.05. The molecule has 3 aromatic rings. The van der Waals surface area contributed by atoms with E-state index in [1.807, 2.05) is 6.92 Å². The number of nitrogens with zero attached hydrogens (tertiary/aromatic N) is 3. The van der Waals surface area contributed by atoms with Crippen LogP contribution in [0.4, 0.5) is 0 Å². The summed E-state index contributed by atoms with van der Waals surface area (Å²) in [6.45, 7) is 1.60. The second kappa shape index (κ2) is 8.55. The highest BCUT2D eigenvalue weighted by molar-refractivity contribution is 5.99. The smallest absolute Gasteiger partial charge is 0.354 e. The summed E-state index contributed by atoms with van der Waals surface area (Å²) in [5, 5.41) is 14.2. The molecule has 0 amide bonds. The molecule has 0 spiro atoms. The minimum absolute atomic E-state index is 0.0195. The first-order chi connectivity index (χ1) is 14.0. The Bertz CT molecular complexity index is 1040. The molecule has 0 aliphatic rings. The van der Waals surface area contributed by atoms with Crippen LogP contribution in [-0.2, 0) is 13.0 Å². The second-order valence-electron chi connectivity index (χ2n) is 6.20. The minimum Gasteiger partial charge on any atom is -0.497 e. The summed E-state index contributed by atoms with van der Waals surface area (Å²) in [7, 11) is 2.97. The van der Waals surface area contributed by atoms with E-state index in [2.05, 4.69) is 10.1 Å². The van der Waals surface area contributed by atoms with Crippen molar-refractivity contribution in [3.05, 3.63) is 59.4 Å². The molecule has 3 rings (SSSR count). The molecular formula is C21H21N3O5. The van der Waals surface area contributed by atoms with Crippen LogP contribution in [0.1, 0.15) is 33.3 Å². The maximum atomic E-state index is 12.9. The van der Waals surface area contributed by atoms with Crippen molar-refractivity contribution in [1.29, 1.82) is 0 Å². The Morgan fingerprint density at radius 2 is 1.93 bits per heavy atom. The van der Waals surface area contributed by atoms with Gasteiger partial charge in [-0.15, -0.1) is 0 Å². The van der Waals surface area contributed by atoms with E-state index in [1.54, 1.807) is 42.6 Å². The SMILES string of the molecule is CCc1c(-c2ccccn2)nn(CC(=O)c2ccc(OC)cc2OC)c1C(=O)O. The lowest BCUT2D eigenvalue weighted by atomic mass is 10.1. The van der Waals surface area contributed by atoms with Crippen molar-refractivity contribution in [3.8, 4) is 22.9 Å². The van der Waals surface area contributed by atoms with Gasteiger partial charge in [0.05, 0.1) is 25.5 Å². The van der Waals surface area contributed by atoms with Gasteiger partial charge in [-0.2, -0.15) is 5.10 Å². The third-order valence-corrected chi connectivity index (χ3v) is 4.52. The number of Topliss-reactive ketones (excluding diaryl/α,β-unsaturated/α-hetero) is 1. The van der Waals surface area contributed by atoms with Gasteiger partial charge in [0.2, 0.25) is 0 Å². The van der Waals surface area contributed by atoms with Gasteiger partial charge in [0.15, 0.2) is 11.5 Å². The van der Waals surface area contributed by atoms with E-state index in [9.17, 15) is 14.7 Å². The first kappa shape index (κ1) is 20.1. The van der Waals surface area contributed by atoms with Crippen molar-refractivity contribution >= 4 is 11.8 Å². The molecule has 150 valence electrons. The summed E-state index contributed by atoms with van der Waals surface area (Å²) < 4.78 is 11.7. The number of aromatic carboxylic acids is 1. The standard InChI is InChI=1S/C21H21N3O5/c1-4-14-19(16-7-5-6-10-22-16)23-24(20(14)21(26)27)12-17(25)15-9-8-13(28-2)11-18(15)29-3/h5-11H,4,12H2,1-3H3,(H,26,27). The van der Waals surface area contributed by atoms with Crippen LogP contribution >= 0.6 is 0 Å². The number of hydrogen-bond acceptors (Lipinski definition) is 6. The van der Waals surface area contributed by atoms with Crippen LogP contribution in [0.25, 0.3) is 11.4 Å². The number of methoxy groups -OCH3 is 2. The second-order valence-corrected chi connectivity index (χ2v) is 6.20. The number of carbonyl (C=O) groups excluding carboxylic acids is 1. The van der Waals surface area contributed by atoms with Crippen LogP contribution in [0.3, 0.4) is 0 Å². The van der Waals surface area contributed by atoms with Crippen molar-refractivity contribution in [2.75, 3.05) is 14.2 Å². The Kier molecular flexibility index (Phi) is 5.92. The molecule has 0 saturated carbocycles. The van der Waals surface area contributed by atoms with E-state index >= 15 is 0 Å². The normalized spacial score (nSPS) is 10.6. The molecule has 1 aromatic carbocycles. The maximum absolute atomic E-state index is 12.9. The van der Waals surface area contributed by atoms with Gasteiger partial charge in [0, 0.05) is 17.8 Å². The molecule has 8 nitrogen and oxygen atoms in total. The summed E-state index contributed by atoms with van der Waals surface area (Å²) in [4.78, 5) is 29.1. The maximum Gasteiger partial charge on any atom is 0.354 e. The van der Waals surface area contributed by atoms with E-state index in [1.165, 1.54) is 18.9 Å². The van der Waals surface area contributed by atoms with Crippen molar-refractivity contribution < 1.29 is 24.2 Å². The third kappa shape index (κ3) is 3.96. The van der Waals surface area contributed by atoms with E-state index in [0.717, 1.165) is 0 Å². The lowest BCUT2D eigenvalue weighted by Gasteiger charge is -2.10. The molecule has 1 N–H and O–H groups in total. The van der Waals surface area contributed by atoms with Crippen LogP contribution in [0.15, 0.2) is 42.6 Å². The first-order valence-corrected chi connectivity index (χ1v) is 8.99. The highest BCUT2D eigenvalue weighted by Gasteiger charge is 2.25. The fraction of sp³-hybridized carbons (Fsp3) is 0.238. The van der Waals surface area contributed by atoms with E-state index in [4.69, 9.17) is 9.47 Å². The quantitative estimate of drug-likeness (QED) is 0.585. The molecule has 29 heavy (non-hydrogen) atoms. The number of carboxylic acids is 1. The first-order valence-electron chi connectivity index (χ1n) is 8.99. The van der Waals surface area contributed by atoms with Gasteiger partial charge in [0.1, 0.15) is 23.7 Å². The van der Waals surface area contributed by atoms with Crippen LogP contribution in [0.2, 0.25) is 0 Å². The summed E-state index contributed by atoms with van der Waals surface area (Å²) >= 11 is 0. The lowest BCUT2D eigenvalue weighted by molar-refractivity contribution is 0.0681. The van der Waals surface area contributed by atoms with Crippen LogP contribution in [0.5, 0.6) is 11.5 Å². The molecule has 0 fully saturated rings. The predicted octanol–water partition coefficient (Wildman–Crippen LogP) is 3.11. The highest BCUT2D eigenvalue weighted by Crippen LogP contribution is 2.28. The van der Waals surface area contributed by atoms with Gasteiger partial charge in [-0.1, -0.05) is 13.0 Å². The fourth-order valence-corrected chi connectivity index (χ4v) is 3.15. The number of ether oxygens (including phenoxy) is 2. The van der Waals surface area contributed by atoms with Gasteiger partial charge in [-0.05, 0) is 30.7 Å². The zero-order chi connectivity index (χ0) is 21.0. The van der Waals surface area contributed by atoms with Crippen LogP contribution < -0.4 is 9.47 Å². The Balaban J connectivity index is 2.04. The third-order valence-electron chi connectivity index (χ3n) is 4.52. The molecule has 0 aliphatic heterocycles.